The number of aromatic nitrogens is 1. The van der Waals surface area contributed by atoms with E-state index in [1.54, 1.807) is 19.5 Å². The molecule has 1 atom stereocenters. The normalized spacial score (nSPS) is 36.0. The molecule has 4 nitrogen and oxygen atoms in total. The van der Waals surface area contributed by atoms with E-state index < -0.39 is 0 Å². The van der Waals surface area contributed by atoms with Gasteiger partial charge < -0.3 is 14.3 Å². The van der Waals surface area contributed by atoms with Crippen molar-refractivity contribution in [2.45, 2.75) is 51.2 Å². The second-order valence-corrected chi connectivity index (χ2v) is 7.88. The van der Waals surface area contributed by atoms with Gasteiger partial charge in [0, 0.05) is 11.6 Å². The number of methoxy groups -OCH3 is 1. The molecule has 4 heteroatoms. The predicted molar refractivity (Wildman–Crippen MR) is 86.0 cm³/mol. The van der Waals surface area contributed by atoms with Gasteiger partial charge in [-0.25, -0.2) is 0 Å². The number of aldehydes is 1. The maximum atomic E-state index is 11.8. The summed E-state index contributed by atoms with van der Waals surface area (Å²) in [6.07, 6.45) is 11.9. The molecule has 0 N–H and O–H groups in total. The Morgan fingerprint density at radius 2 is 1.87 bits per heavy atom. The fraction of sp³-hybridized carbons (Fsp3) is 0.684. The van der Waals surface area contributed by atoms with E-state index in [0.717, 1.165) is 35.4 Å². The number of pyridine rings is 1. The highest BCUT2D eigenvalue weighted by Gasteiger charge is 2.54. The smallest absolute Gasteiger partial charge is 0.149 e. The molecular weight excluding hydrogens is 290 g/mol. The molecule has 0 aliphatic heterocycles. The van der Waals surface area contributed by atoms with E-state index in [-0.39, 0.29) is 11.5 Å². The first-order chi connectivity index (χ1) is 11.2. The molecule has 4 aliphatic carbocycles. The van der Waals surface area contributed by atoms with Crippen LogP contribution in [0.1, 0.15) is 44.1 Å². The third-order valence-corrected chi connectivity index (χ3v) is 6.25. The van der Waals surface area contributed by atoms with Crippen LogP contribution in [-0.2, 0) is 16.1 Å². The van der Waals surface area contributed by atoms with Crippen LogP contribution in [0.15, 0.2) is 18.5 Å². The van der Waals surface area contributed by atoms with Crippen LogP contribution >= 0.6 is 0 Å². The minimum atomic E-state index is -0.276. The second kappa shape index (κ2) is 5.90. The topological polar surface area (TPSA) is 48.4 Å². The van der Waals surface area contributed by atoms with Gasteiger partial charge in [-0.15, -0.1) is 0 Å². The number of carbonyl (C=O) groups is 1. The van der Waals surface area contributed by atoms with Crippen molar-refractivity contribution in [2.75, 3.05) is 7.11 Å². The summed E-state index contributed by atoms with van der Waals surface area (Å²) in [6.45, 7) is 0.426. The van der Waals surface area contributed by atoms with Crippen molar-refractivity contribution in [3.8, 4) is 5.75 Å². The Bertz CT molecular complexity index is 550. The van der Waals surface area contributed by atoms with Crippen LogP contribution in [0.2, 0.25) is 0 Å². The maximum Gasteiger partial charge on any atom is 0.149 e. The molecule has 1 unspecified atom stereocenters. The summed E-state index contributed by atoms with van der Waals surface area (Å²) in [5.74, 6) is 3.20. The lowest BCUT2D eigenvalue weighted by Crippen LogP contribution is -2.52. The first-order valence-corrected chi connectivity index (χ1v) is 8.75. The lowest BCUT2D eigenvalue weighted by atomic mass is 9.48. The minimum absolute atomic E-state index is 0.1000. The summed E-state index contributed by atoms with van der Waals surface area (Å²) < 4.78 is 11.3. The number of nitrogens with zero attached hydrogens (tertiary/aromatic N) is 1. The summed E-state index contributed by atoms with van der Waals surface area (Å²) in [6, 6.07) is 1.93. The third kappa shape index (κ3) is 2.78. The van der Waals surface area contributed by atoms with Gasteiger partial charge >= 0.3 is 0 Å². The van der Waals surface area contributed by atoms with E-state index >= 15 is 0 Å². The van der Waals surface area contributed by atoms with E-state index in [2.05, 4.69) is 4.98 Å². The van der Waals surface area contributed by atoms with Gasteiger partial charge in [0.2, 0.25) is 0 Å². The molecule has 4 saturated carbocycles. The molecule has 4 fully saturated rings. The molecule has 5 rings (SSSR count). The molecule has 0 spiro atoms. The Morgan fingerprint density at radius 3 is 2.43 bits per heavy atom. The second-order valence-electron chi connectivity index (χ2n) is 7.88. The van der Waals surface area contributed by atoms with Gasteiger partial charge in [0.1, 0.15) is 18.1 Å². The first-order valence-electron chi connectivity index (χ1n) is 8.75. The number of hydrogen-bond donors (Lipinski definition) is 0. The van der Waals surface area contributed by atoms with E-state index in [1.165, 1.54) is 38.5 Å². The Labute approximate surface area is 137 Å². The van der Waals surface area contributed by atoms with Crippen LogP contribution in [0.4, 0.5) is 0 Å². The molecule has 23 heavy (non-hydrogen) atoms. The highest BCUT2D eigenvalue weighted by Crippen LogP contribution is 2.61. The van der Waals surface area contributed by atoms with Crippen LogP contribution in [0.3, 0.4) is 0 Å². The van der Waals surface area contributed by atoms with Crippen molar-refractivity contribution < 1.29 is 14.3 Å². The Kier molecular flexibility index (Phi) is 3.88. The van der Waals surface area contributed by atoms with E-state index in [0.29, 0.717) is 6.61 Å². The highest BCUT2D eigenvalue weighted by molar-refractivity contribution is 5.58. The maximum absolute atomic E-state index is 11.8. The Morgan fingerprint density at radius 1 is 1.22 bits per heavy atom. The summed E-state index contributed by atoms with van der Waals surface area (Å²) in [5.41, 5.74) is 1.06. The van der Waals surface area contributed by atoms with Gasteiger partial charge in [-0.1, -0.05) is 0 Å². The predicted octanol–water partition coefficient (Wildman–Crippen LogP) is 3.39. The molecule has 0 saturated heterocycles. The van der Waals surface area contributed by atoms with Gasteiger partial charge in [0.05, 0.1) is 19.9 Å². The SMILES string of the molecule is COc1cncc(COC(C=O)C23CC4CC(CC(C4)C2)C3)c1. The molecule has 124 valence electrons. The monoisotopic (exact) mass is 315 g/mol. The average Bonchev–Trinajstić information content (AvgIpc) is 2.54. The summed E-state index contributed by atoms with van der Waals surface area (Å²) in [7, 11) is 1.63. The number of rotatable bonds is 6. The average molecular weight is 315 g/mol. The quantitative estimate of drug-likeness (QED) is 0.755. The summed E-state index contributed by atoms with van der Waals surface area (Å²) in [4.78, 5) is 16.0. The lowest BCUT2D eigenvalue weighted by molar-refractivity contribution is -0.156. The van der Waals surface area contributed by atoms with Gasteiger partial charge in [-0.2, -0.15) is 0 Å². The summed E-state index contributed by atoms with van der Waals surface area (Å²) in [5, 5.41) is 0. The van der Waals surface area contributed by atoms with Crippen molar-refractivity contribution >= 4 is 6.29 Å². The van der Waals surface area contributed by atoms with Crippen molar-refractivity contribution in [1.29, 1.82) is 0 Å². The van der Waals surface area contributed by atoms with Crippen molar-refractivity contribution in [3.63, 3.8) is 0 Å². The molecular formula is C19H25NO3. The van der Waals surface area contributed by atoms with Crippen LogP contribution in [0.5, 0.6) is 5.75 Å². The van der Waals surface area contributed by atoms with Crippen LogP contribution in [0, 0.1) is 23.2 Å². The van der Waals surface area contributed by atoms with Crippen LogP contribution in [0.25, 0.3) is 0 Å². The largest absolute Gasteiger partial charge is 0.495 e. The Hall–Kier alpha value is -1.42. The van der Waals surface area contributed by atoms with Crippen molar-refractivity contribution in [2.24, 2.45) is 23.2 Å². The molecule has 0 radical (unpaired) electrons. The third-order valence-electron chi connectivity index (χ3n) is 6.25. The molecule has 0 amide bonds. The molecule has 1 aromatic heterocycles. The van der Waals surface area contributed by atoms with E-state index in [4.69, 9.17) is 9.47 Å². The first kappa shape index (κ1) is 15.1. The minimum Gasteiger partial charge on any atom is -0.495 e. The zero-order valence-corrected chi connectivity index (χ0v) is 13.7. The number of carbonyl (C=O) groups excluding carboxylic acids is 1. The van der Waals surface area contributed by atoms with Crippen LogP contribution in [-0.4, -0.2) is 24.5 Å². The zero-order chi connectivity index (χ0) is 15.9. The molecule has 0 aromatic carbocycles. The van der Waals surface area contributed by atoms with E-state index in [1.807, 2.05) is 6.07 Å². The van der Waals surface area contributed by atoms with Crippen LogP contribution < -0.4 is 4.74 Å². The number of hydrogen-bond acceptors (Lipinski definition) is 4. The zero-order valence-electron chi connectivity index (χ0n) is 13.7. The Balaban J connectivity index is 1.47. The number of ether oxygens (including phenoxy) is 2. The van der Waals surface area contributed by atoms with E-state index in [9.17, 15) is 4.79 Å². The fourth-order valence-electron chi connectivity index (χ4n) is 5.73. The van der Waals surface area contributed by atoms with Gasteiger partial charge in [-0.3, -0.25) is 4.98 Å². The molecule has 1 aromatic rings. The fourth-order valence-corrected chi connectivity index (χ4v) is 5.73. The van der Waals surface area contributed by atoms with Gasteiger partial charge in [0.15, 0.2) is 0 Å². The lowest BCUT2D eigenvalue weighted by Gasteiger charge is -2.58. The summed E-state index contributed by atoms with van der Waals surface area (Å²) >= 11 is 0. The standard InChI is InChI=1S/C19H25NO3/c1-22-17-5-16(9-20-10-17)12-23-18(11-21)19-6-13-2-14(7-19)4-15(3-13)8-19/h5,9-11,13-15,18H,2-4,6-8,12H2,1H3. The highest BCUT2D eigenvalue weighted by atomic mass is 16.5. The molecule has 4 bridgehead atoms. The van der Waals surface area contributed by atoms with Crippen molar-refractivity contribution in [1.82, 2.24) is 4.98 Å². The van der Waals surface area contributed by atoms with Gasteiger partial charge in [-0.05, 0) is 67.9 Å². The van der Waals surface area contributed by atoms with Gasteiger partial charge in [0.25, 0.3) is 0 Å². The molecule has 1 heterocycles. The van der Waals surface area contributed by atoms with Crippen molar-refractivity contribution in [3.05, 3.63) is 24.0 Å². The molecule has 4 aliphatic rings.